The molecule has 0 amide bonds. The normalized spacial score (nSPS) is 38.2. The molecule has 0 aromatic heterocycles. The highest BCUT2D eigenvalue weighted by molar-refractivity contribution is 5.20. The van der Waals surface area contributed by atoms with Gasteiger partial charge in [0.15, 0.2) is 0 Å². The molecule has 0 aromatic carbocycles. The van der Waals surface area contributed by atoms with Crippen molar-refractivity contribution in [3.63, 3.8) is 0 Å². The van der Waals surface area contributed by atoms with Gasteiger partial charge in [0, 0.05) is 6.42 Å². The zero-order valence-electron chi connectivity index (χ0n) is 8.22. The van der Waals surface area contributed by atoms with E-state index in [1.165, 1.54) is 50.7 Å². The summed E-state index contributed by atoms with van der Waals surface area (Å²) in [6.07, 6.45) is 9.67. The first-order valence-electron chi connectivity index (χ1n) is 5.80. The van der Waals surface area contributed by atoms with E-state index in [4.69, 9.17) is 4.74 Å². The van der Waals surface area contributed by atoms with Crippen molar-refractivity contribution in [1.82, 2.24) is 0 Å². The Hall–Kier alpha value is -0.460. The lowest BCUT2D eigenvalue weighted by molar-refractivity contribution is 0.147. The summed E-state index contributed by atoms with van der Waals surface area (Å²) in [5.41, 5.74) is 1.72. The maximum Gasteiger partial charge on any atom is 0.0954 e. The molecule has 0 saturated heterocycles. The maximum absolute atomic E-state index is 5.77. The minimum absolute atomic E-state index is 0.934. The van der Waals surface area contributed by atoms with Crippen LogP contribution in [0, 0.1) is 11.8 Å². The average Bonchev–Trinajstić information content (AvgIpc) is 2.65. The predicted molar refractivity (Wildman–Crippen MR) is 52.3 cm³/mol. The largest absolute Gasteiger partial charge is 0.498 e. The molecule has 72 valence electrons. The highest BCUT2D eigenvalue weighted by atomic mass is 16.5. The lowest BCUT2D eigenvalue weighted by Crippen LogP contribution is -2.22. The van der Waals surface area contributed by atoms with E-state index in [1.807, 2.05) is 0 Å². The summed E-state index contributed by atoms with van der Waals surface area (Å²) in [6.45, 7) is 0.982. The van der Waals surface area contributed by atoms with Gasteiger partial charge in [-0.1, -0.05) is 6.42 Å². The van der Waals surface area contributed by atoms with Gasteiger partial charge in [0.25, 0.3) is 0 Å². The van der Waals surface area contributed by atoms with Crippen LogP contribution in [0.3, 0.4) is 0 Å². The van der Waals surface area contributed by atoms with Crippen molar-refractivity contribution in [1.29, 1.82) is 0 Å². The zero-order valence-corrected chi connectivity index (χ0v) is 8.22. The molecule has 13 heavy (non-hydrogen) atoms. The van der Waals surface area contributed by atoms with Gasteiger partial charge >= 0.3 is 0 Å². The van der Waals surface area contributed by atoms with Gasteiger partial charge in [0.1, 0.15) is 0 Å². The Kier molecular flexibility index (Phi) is 1.85. The topological polar surface area (TPSA) is 9.23 Å². The molecule has 1 heteroatoms. The predicted octanol–water partition coefficient (Wildman–Crippen LogP) is 3.26. The van der Waals surface area contributed by atoms with E-state index in [1.54, 1.807) is 5.57 Å². The summed E-state index contributed by atoms with van der Waals surface area (Å²) in [5.74, 6) is 3.36. The van der Waals surface area contributed by atoms with E-state index in [-0.39, 0.29) is 0 Å². The van der Waals surface area contributed by atoms with Crippen molar-refractivity contribution in [2.75, 3.05) is 6.61 Å². The molecule has 1 saturated carbocycles. The molecule has 1 fully saturated rings. The first-order chi connectivity index (χ1) is 6.45. The Morgan fingerprint density at radius 3 is 3.00 bits per heavy atom. The van der Waals surface area contributed by atoms with Crippen molar-refractivity contribution in [3.8, 4) is 0 Å². The SMILES string of the molecule is C1COC2=C(C1)C1CCCC1CC2. The van der Waals surface area contributed by atoms with Crippen LogP contribution in [-0.4, -0.2) is 6.61 Å². The maximum atomic E-state index is 5.77. The number of allylic oxidation sites excluding steroid dienone is 2. The number of fused-ring (bicyclic) bond motifs is 2. The summed E-state index contributed by atoms with van der Waals surface area (Å²) in [5, 5.41) is 0. The summed E-state index contributed by atoms with van der Waals surface area (Å²) >= 11 is 0. The third kappa shape index (κ3) is 1.20. The Morgan fingerprint density at radius 1 is 1.00 bits per heavy atom. The molecule has 0 aromatic rings. The van der Waals surface area contributed by atoms with Crippen LogP contribution in [0.15, 0.2) is 11.3 Å². The molecule has 3 aliphatic rings. The second kappa shape index (κ2) is 3.04. The van der Waals surface area contributed by atoms with Crippen LogP contribution in [-0.2, 0) is 4.74 Å². The van der Waals surface area contributed by atoms with E-state index >= 15 is 0 Å². The van der Waals surface area contributed by atoms with E-state index in [9.17, 15) is 0 Å². The second-order valence-electron chi connectivity index (χ2n) is 4.74. The monoisotopic (exact) mass is 178 g/mol. The lowest BCUT2D eigenvalue weighted by atomic mass is 9.77. The highest BCUT2D eigenvalue weighted by Gasteiger charge is 2.36. The number of hydrogen-bond acceptors (Lipinski definition) is 1. The van der Waals surface area contributed by atoms with E-state index < -0.39 is 0 Å². The van der Waals surface area contributed by atoms with Gasteiger partial charge in [0.2, 0.25) is 0 Å². The fourth-order valence-corrected chi connectivity index (χ4v) is 3.47. The quantitative estimate of drug-likeness (QED) is 0.553. The van der Waals surface area contributed by atoms with Crippen molar-refractivity contribution in [2.45, 2.75) is 44.9 Å². The Morgan fingerprint density at radius 2 is 2.00 bits per heavy atom. The van der Waals surface area contributed by atoms with Crippen LogP contribution < -0.4 is 0 Å². The first-order valence-corrected chi connectivity index (χ1v) is 5.80. The molecule has 3 rings (SSSR count). The van der Waals surface area contributed by atoms with Crippen molar-refractivity contribution < 1.29 is 4.74 Å². The molecular formula is C12H18O. The summed E-state index contributed by atoms with van der Waals surface area (Å²) in [7, 11) is 0. The molecule has 2 aliphatic carbocycles. The molecular weight excluding hydrogens is 160 g/mol. The highest BCUT2D eigenvalue weighted by Crippen LogP contribution is 2.47. The van der Waals surface area contributed by atoms with Crippen LogP contribution in [0.2, 0.25) is 0 Å². The van der Waals surface area contributed by atoms with Gasteiger partial charge in [-0.2, -0.15) is 0 Å². The van der Waals surface area contributed by atoms with Crippen molar-refractivity contribution in [3.05, 3.63) is 11.3 Å². The second-order valence-corrected chi connectivity index (χ2v) is 4.74. The number of rotatable bonds is 0. The summed E-state index contributed by atoms with van der Waals surface area (Å²) in [6, 6.07) is 0. The van der Waals surface area contributed by atoms with E-state index in [2.05, 4.69) is 0 Å². The minimum Gasteiger partial charge on any atom is -0.498 e. The molecule has 0 radical (unpaired) electrons. The first kappa shape index (κ1) is 7.90. The molecule has 2 unspecified atom stereocenters. The molecule has 0 N–H and O–H groups in total. The van der Waals surface area contributed by atoms with Gasteiger partial charge in [-0.15, -0.1) is 0 Å². The number of hydrogen-bond donors (Lipinski definition) is 0. The zero-order chi connectivity index (χ0) is 8.67. The van der Waals surface area contributed by atoms with Crippen LogP contribution >= 0.6 is 0 Å². The molecule has 2 atom stereocenters. The Labute approximate surface area is 80.2 Å². The van der Waals surface area contributed by atoms with Crippen LogP contribution in [0.25, 0.3) is 0 Å². The molecule has 1 heterocycles. The minimum atomic E-state index is 0.934. The van der Waals surface area contributed by atoms with E-state index in [0.717, 1.165) is 18.4 Å². The fraction of sp³-hybridized carbons (Fsp3) is 0.833. The van der Waals surface area contributed by atoms with Gasteiger partial charge in [-0.3, -0.25) is 0 Å². The third-order valence-corrected chi connectivity index (χ3v) is 4.07. The van der Waals surface area contributed by atoms with Gasteiger partial charge < -0.3 is 4.74 Å². The summed E-state index contributed by atoms with van der Waals surface area (Å²) in [4.78, 5) is 0. The van der Waals surface area contributed by atoms with Crippen molar-refractivity contribution >= 4 is 0 Å². The van der Waals surface area contributed by atoms with E-state index in [0.29, 0.717) is 0 Å². The van der Waals surface area contributed by atoms with Crippen LogP contribution in [0.4, 0.5) is 0 Å². The summed E-state index contributed by atoms with van der Waals surface area (Å²) < 4.78 is 5.77. The molecule has 1 aliphatic heterocycles. The molecule has 0 bridgehead atoms. The lowest BCUT2D eigenvalue weighted by Gasteiger charge is -2.33. The van der Waals surface area contributed by atoms with Crippen LogP contribution in [0.1, 0.15) is 44.9 Å². The standard InChI is InChI=1S/C12H18O/c1-3-9-6-7-12-11(10(9)4-1)5-2-8-13-12/h9-10H,1-8H2. The molecule has 0 spiro atoms. The van der Waals surface area contributed by atoms with Gasteiger partial charge in [-0.25, -0.2) is 0 Å². The Balaban J connectivity index is 1.91. The number of ether oxygens (including phenoxy) is 1. The van der Waals surface area contributed by atoms with Gasteiger partial charge in [0.05, 0.1) is 12.4 Å². The van der Waals surface area contributed by atoms with Crippen LogP contribution in [0.5, 0.6) is 0 Å². The Bertz CT molecular complexity index is 242. The average molecular weight is 178 g/mol. The molecule has 1 nitrogen and oxygen atoms in total. The van der Waals surface area contributed by atoms with Gasteiger partial charge in [-0.05, 0) is 49.5 Å². The van der Waals surface area contributed by atoms with Crippen molar-refractivity contribution in [2.24, 2.45) is 11.8 Å². The third-order valence-electron chi connectivity index (χ3n) is 4.07. The fourth-order valence-electron chi connectivity index (χ4n) is 3.47. The smallest absolute Gasteiger partial charge is 0.0954 e.